The first-order chi connectivity index (χ1) is 38.4. The summed E-state index contributed by atoms with van der Waals surface area (Å²) in [4.78, 5) is 81.8. The predicted octanol–water partition coefficient (Wildman–Crippen LogP) is 0.107. The number of guanidine groups is 1. The van der Waals surface area contributed by atoms with E-state index in [1.54, 1.807) is 18.3 Å². The lowest BCUT2D eigenvalue weighted by Gasteiger charge is -2.07. The van der Waals surface area contributed by atoms with Crippen LogP contribution < -0.4 is 56.9 Å². The highest BCUT2D eigenvalue weighted by atomic mass is 16.4. The highest BCUT2D eigenvalue weighted by Gasteiger charge is 2.17. The average molecular weight is 1160 g/mol. The Labute approximate surface area is 474 Å². The fourth-order valence-electron chi connectivity index (χ4n) is 6.18. The summed E-state index contributed by atoms with van der Waals surface area (Å²) < 4.78 is 0. The van der Waals surface area contributed by atoms with Gasteiger partial charge in [-0.2, -0.15) is 0 Å². The Bertz CT molecular complexity index is 2610. The molecule has 0 saturated carbocycles. The summed E-state index contributed by atoms with van der Waals surface area (Å²) in [6, 6.07) is 17.8. The van der Waals surface area contributed by atoms with Crippen molar-refractivity contribution in [3.63, 3.8) is 0 Å². The van der Waals surface area contributed by atoms with Crippen LogP contribution in [0, 0.1) is 11.3 Å². The van der Waals surface area contributed by atoms with Gasteiger partial charge in [0.2, 0.25) is 0 Å². The van der Waals surface area contributed by atoms with Gasteiger partial charge in [-0.3, -0.25) is 39.0 Å². The van der Waals surface area contributed by atoms with E-state index in [-0.39, 0.29) is 24.6 Å². The number of nitrogens with zero attached hydrogens (tertiary/aromatic N) is 1. The number of phenols is 1. The third-order valence-electron chi connectivity index (χ3n) is 10.7. The maximum Gasteiger partial charge on any atom is 0.320 e. The molecule has 0 aliphatic rings. The molecule has 5 aromatic rings. The van der Waals surface area contributed by atoms with Gasteiger partial charge in [0.05, 0.1) is 12.0 Å². The van der Waals surface area contributed by atoms with Crippen molar-refractivity contribution in [2.75, 3.05) is 13.1 Å². The highest BCUT2D eigenvalue weighted by molar-refractivity contribution is 5.84. The summed E-state index contributed by atoms with van der Waals surface area (Å²) in [5, 5.41) is 78.5. The summed E-state index contributed by atoms with van der Waals surface area (Å²) in [7, 11) is 0. The first-order valence-electron chi connectivity index (χ1n) is 25.4. The number of aromatic nitrogens is 3. The lowest BCUT2D eigenvalue weighted by Crippen LogP contribution is -2.34. The lowest BCUT2D eigenvalue weighted by molar-refractivity contribution is -0.139. The molecule has 29 heteroatoms. The topological polar surface area (TPSA) is 596 Å². The lowest BCUT2D eigenvalue weighted by atomic mass is 10.1. The summed E-state index contributed by atoms with van der Waals surface area (Å²) in [5.41, 5.74) is 51.6. The van der Waals surface area contributed by atoms with Crippen molar-refractivity contribution < 1.29 is 74.4 Å². The molecule has 0 radical (unpaired) electrons. The molecule has 0 aliphatic heterocycles. The van der Waals surface area contributed by atoms with Gasteiger partial charge >= 0.3 is 41.8 Å². The molecular formula is C53H84N14O15. The Balaban J connectivity index is 0. The van der Waals surface area contributed by atoms with Crippen LogP contribution in [0.25, 0.3) is 10.9 Å². The van der Waals surface area contributed by atoms with Crippen LogP contribution in [0.3, 0.4) is 0 Å². The number of carboxylic acid groups (broad SMARTS) is 7. The molecule has 7 atom stereocenters. The van der Waals surface area contributed by atoms with Gasteiger partial charge in [0.15, 0.2) is 5.96 Å². The van der Waals surface area contributed by atoms with Crippen LogP contribution in [-0.2, 0) is 59.2 Å². The number of rotatable bonds is 25. The highest BCUT2D eigenvalue weighted by Crippen LogP contribution is 2.19. The third kappa shape index (κ3) is 38.1. The van der Waals surface area contributed by atoms with Crippen LogP contribution in [0.5, 0.6) is 5.75 Å². The van der Waals surface area contributed by atoms with Crippen LogP contribution >= 0.6 is 0 Å². The number of imidazole rings is 1. The molecule has 5 rings (SSSR count). The van der Waals surface area contributed by atoms with E-state index < -0.39 is 84.1 Å². The number of carboxylic acids is 7. The fourth-order valence-corrected chi connectivity index (χ4v) is 6.18. The number of phenolic OH excluding ortho intramolecular Hbond substituents is 1. The zero-order valence-corrected chi connectivity index (χ0v) is 45.9. The number of unbranched alkanes of at least 4 members (excludes halogenated alkanes) is 1. The standard InChI is InChI=1S/C11H12N2O2.C9H11NO3.C9H11NO2.C6H14N4O2.C6H9N3O2.C6H14N2O2.C6H13NO2/c12-9(11(14)15)5-7-6-13-10-4-2-1-3-8(7)10;10-8(9(12)13)5-6-1-3-7(11)4-2-6;10-8(9(11)12)6-7-4-2-1-3-5-7;7-4(5(11)12)2-1-3-10-6(8)9;7-5(6(10)11)1-4-2-8-3-9-4;7-4-2-1-3-5(8)6(9)10;1-4(2)3-5(7)6(8)9/h1-4,6,9,13H,5,12H2,(H,14,15);1-4,8,11H,5,10H2,(H,12,13);1-5,8H,6,10H2,(H,11,12);4H,1-3,7H2,(H,11,12)(H4,8,9,10);2-3,5H,1,7H2,(H,8,9)(H,10,11);5H,1-4,7-8H2,(H,9,10);4-5H,3,7H2,1-2H3,(H,8,9). The smallest absolute Gasteiger partial charge is 0.320 e. The summed E-state index contributed by atoms with van der Waals surface area (Å²) >= 11 is 0. The van der Waals surface area contributed by atoms with Gasteiger partial charge in [-0.25, -0.2) is 4.98 Å². The van der Waals surface area contributed by atoms with Gasteiger partial charge in [0.1, 0.15) is 48.0 Å². The third-order valence-corrected chi connectivity index (χ3v) is 10.7. The van der Waals surface area contributed by atoms with Crippen molar-refractivity contribution in [3.05, 3.63) is 120 Å². The van der Waals surface area contributed by atoms with Gasteiger partial charge in [-0.15, -0.1) is 0 Å². The number of aromatic amines is 2. The van der Waals surface area contributed by atoms with E-state index in [0.717, 1.165) is 40.4 Å². The van der Waals surface area contributed by atoms with Gasteiger partial charge in [0.25, 0.3) is 0 Å². The minimum absolute atomic E-state index is 0.112. The Morgan fingerprint density at radius 1 is 0.549 bits per heavy atom. The molecule has 2 heterocycles. The number of para-hydroxylation sites is 1. The van der Waals surface area contributed by atoms with E-state index in [1.807, 2.05) is 74.6 Å². The largest absolute Gasteiger partial charge is 0.508 e. The van der Waals surface area contributed by atoms with Crippen LogP contribution in [0.1, 0.15) is 74.8 Å². The zero-order valence-electron chi connectivity index (χ0n) is 45.9. The van der Waals surface area contributed by atoms with E-state index in [9.17, 15) is 33.6 Å². The summed E-state index contributed by atoms with van der Waals surface area (Å²) in [6.45, 7) is 4.98. The van der Waals surface area contributed by atoms with Crippen molar-refractivity contribution in [1.29, 1.82) is 5.41 Å². The Morgan fingerprint density at radius 2 is 0.988 bits per heavy atom. The minimum atomic E-state index is -1.02. The fraction of sp³-hybridized carbons (Fsp3) is 0.415. The van der Waals surface area contributed by atoms with Crippen molar-refractivity contribution in [1.82, 2.24) is 20.3 Å². The molecule has 7 unspecified atom stereocenters. The van der Waals surface area contributed by atoms with Gasteiger partial charge in [-0.05, 0) is 92.3 Å². The van der Waals surface area contributed by atoms with Crippen LogP contribution in [0.2, 0.25) is 0 Å². The maximum atomic E-state index is 10.6. The molecule has 0 aliphatic carbocycles. The van der Waals surface area contributed by atoms with Crippen LogP contribution in [0.4, 0.5) is 0 Å². The van der Waals surface area contributed by atoms with Crippen LogP contribution in [0.15, 0.2) is 97.6 Å². The van der Waals surface area contributed by atoms with Gasteiger partial charge < -0.3 is 108 Å². The van der Waals surface area contributed by atoms with Crippen molar-refractivity contribution in [3.8, 4) is 5.75 Å². The van der Waals surface area contributed by atoms with E-state index in [0.29, 0.717) is 63.2 Å². The second-order valence-electron chi connectivity index (χ2n) is 18.4. The molecule has 30 N–H and O–H groups in total. The van der Waals surface area contributed by atoms with Crippen LogP contribution in [-0.4, -0.2) is 159 Å². The second kappa shape index (κ2) is 43.3. The monoisotopic (exact) mass is 1160 g/mol. The quantitative estimate of drug-likeness (QED) is 0.0209. The average Bonchev–Trinajstić information content (AvgIpc) is 4.09. The molecule has 0 fully saturated rings. The van der Waals surface area contributed by atoms with Crippen molar-refractivity contribution in [2.45, 2.75) is 120 Å². The number of aromatic hydroxyl groups is 1. The SMILES string of the molecule is CC(C)CC(N)C(=O)O.N=C(N)NCCCC(N)C(=O)O.NC(Cc1c[nH]c2ccccc12)C(=O)O.NC(Cc1c[nH]cn1)C(=O)O.NC(Cc1ccc(O)cc1)C(=O)O.NC(Cc1ccccc1)C(=O)O.NCCCCC(N)C(=O)O. The molecule has 0 spiro atoms. The molecular weight excluding hydrogens is 1070 g/mol. The van der Waals surface area contributed by atoms with Gasteiger partial charge in [-0.1, -0.05) is 80.9 Å². The normalized spacial score (nSPS) is 12.7. The Hall–Kier alpha value is -8.55. The number of fused-ring (bicyclic) bond motifs is 1. The molecule has 456 valence electrons. The molecule has 2 aromatic heterocycles. The molecule has 3 aromatic carbocycles. The first kappa shape index (κ1) is 75.5. The zero-order chi connectivity index (χ0) is 62.9. The van der Waals surface area contributed by atoms with E-state index in [2.05, 4.69) is 20.3 Å². The molecule has 0 bridgehead atoms. The number of aliphatic carboxylic acids is 7. The van der Waals surface area contributed by atoms with Crippen molar-refractivity contribution >= 4 is 58.6 Å². The number of hydrogen-bond donors (Lipinski definition) is 21. The first-order valence-corrected chi connectivity index (χ1v) is 25.4. The molecule has 29 nitrogen and oxygen atoms in total. The number of nitrogens with two attached hydrogens (primary N) is 9. The Kier molecular flexibility index (Phi) is 39.9. The molecule has 0 amide bonds. The second-order valence-corrected chi connectivity index (χ2v) is 18.4. The maximum absolute atomic E-state index is 10.6. The van der Waals surface area contributed by atoms with E-state index >= 15 is 0 Å². The van der Waals surface area contributed by atoms with Crippen molar-refractivity contribution in [2.24, 2.45) is 57.5 Å². The van der Waals surface area contributed by atoms with Gasteiger partial charge in [0, 0.05) is 42.7 Å². The number of nitrogens with one attached hydrogen (secondary N) is 4. The van der Waals surface area contributed by atoms with E-state index in [1.165, 1.54) is 18.5 Å². The molecule has 82 heavy (non-hydrogen) atoms. The van der Waals surface area contributed by atoms with E-state index in [4.69, 9.17) is 97.9 Å². The Morgan fingerprint density at radius 3 is 1.41 bits per heavy atom. The number of carbonyl (C=O) groups is 7. The minimum Gasteiger partial charge on any atom is -0.508 e. The number of H-pyrrole nitrogens is 2. The number of hydrogen-bond acceptors (Lipinski definition) is 18. The molecule has 0 saturated heterocycles. The number of benzene rings is 3. The summed E-state index contributed by atoms with van der Waals surface area (Å²) in [5.74, 6) is -6.40. The predicted molar refractivity (Wildman–Crippen MR) is 307 cm³/mol. The summed E-state index contributed by atoms with van der Waals surface area (Å²) in [6.07, 6.45) is 9.89.